The summed E-state index contributed by atoms with van der Waals surface area (Å²) in [5.41, 5.74) is 8.16. The molecule has 0 heterocycles. The minimum atomic E-state index is -0.667. The quantitative estimate of drug-likeness (QED) is 0.553. The third-order valence-electron chi connectivity index (χ3n) is 4.25. The molecular formula is C21H27ClN4O3. The highest BCUT2D eigenvalue weighted by Gasteiger charge is 2.18. The molecule has 8 heteroatoms. The second-order valence-corrected chi connectivity index (χ2v) is 6.89. The van der Waals surface area contributed by atoms with Crippen LogP contribution in [0, 0.1) is 12.8 Å². The molecule has 1 atom stereocenters. The van der Waals surface area contributed by atoms with Gasteiger partial charge in [-0.05, 0) is 42.7 Å². The van der Waals surface area contributed by atoms with Crippen molar-refractivity contribution in [1.29, 1.82) is 0 Å². The van der Waals surface area contributed by atoms with Crippen molar-refractivity contribution in [3.05, 3.63) is 59.7 Å². The Morgan fingerprint density at radius 3 is 2.28 bits per heavy atom. The van der Waals surface area contributed by atoms with Crippen LogP contribution in [0.25, 0.3) is 0 Å². The van der Waals surface area contributed by atoms with Gasteiger partial charge in [-0.2, -0.15) is 0 Å². The zero-order valence-corrected chi connectivity index (χ0v) is 17.5. The second-order valence-electron chi connectivity index (χ2n) is 6.89. The highest BCUT2D eigenvalue weighted by Crippen LogP contribution is 2.18. The van der Waals surface area contributed by atoms with Crippen LogP contribution in [0.5, 0.6) is 0 Å². The molecule has 0 aliphatic rings. The van der Waals surface area contributed by atoms with Gasteiger partial charge < -0.3 is 21.7 Å². The Bertz CT molecular complexity index is 856. The number of hydrogen-bond acceptors (Lipinski definition) is 4. The molecule has 0 aliphatic heterocycles. The van der Waals surface area contributed by atoms with Crippen LogP contribution in [0.4, 0.5) is 11.4 Å². The number of hydrogen-bond donors (Lipinski definition) is 4. The number of para-hydroxylation sites is 1. The van der Waals surface area contributed by atoms with Gasteiger partial charge in [0, 0.05) is 16.9 Å². The number of aryl methyl sites for hydroxylation is 1. The first-order chi connectivity index (χ1) is 13.3. The van der Waals surface area contributed by atoms with Crippen molar-refractivity contribution in [3.63, 3.8) is 0 Å². The number of anilines is 2. The van der Waals surface area contributed by atoms with Crippen molar-refractivity contribution in [1.82, 2.24) is 5.32 Å². The minimum Gasteiger partial charge on any atom is -0.346 e. The van der Waals surface area contributed by atoms with Gasteiger partial charge >= 0.3 is 0 Å². The summed E-state index contributed by atoms with van der Waals surface area (Å²) in [5.74, 6) is -1.08. The van der Waals surface area contributed by atoms with E-state index in [1.807, 2.05) is 39.0 Å². The van der Waals surface area contributed by atoms with Crippen LogP contribution < -0.4 is 21.7 Å². The number of carbonyl (C=O) groups excluding carboxylic acids is 3. The third-order valence-corrected chi connectivity index (χ3v) is 4.25. The summed E-state index contributed by atoms with van der Waals surface area (Å²) in [6.45, 7) is 5.29. The summed E-state index contributed by atoms with van der Waals surface area (Å²) in [7, 11) is 0. The van der Waals surface area contributed by atoms with Crippen LogP contribution >= 0.6 is 12.4 Å². The maximum absolute atomic E-state index is 12.4. The zero-order valence-electron chi connectivity index (χ0n) is 16.7. The molecule has 0 radical (unpaired) electrons. The summed E-state index contributed by atoms with van der Waals surface area (Å²) < 4.78 is 0. The Hall–Kier alpha value is -2.90. The summed E-state index contributed by atoms with van der Waals surface area (Å²) in [6, 6.07) is 13.5. The van der Waals surface area contributed by atoms with Crippen LogP contribution in [-0.2, 0) is 9.59 Å². The first-order valence-electron chi connectivity index (χ1n) is 9.08. The van der Waals surface area contributed by atoms with E-state index in [2.05, 4.69) is 16.0 Å². The van der Waals surface area contributed by atoms with E-state index >= 15 is 0 Å². The van der Waals surface area contributed by atoms with Gasteiger partial charge in [0.15, 0.2) is 0 Å². The molecule has 2 rings (SSSR count). The number of nitrogens with two attached hydrogens (primary N) is 1. The van der Waals surface area contributed by atoms with Gasteiger partial charge in [-0.3, -0.25) is 14.4 Å². The summed E-state index contributed by atoms with van der Waals surface area (Å²) >= 11 is 0. The van der Waals surface area contributed by atoms with Gasteiger partial charge in [-0.15, -0.1) is 12.4 Å². The number of rotatable bonds is 7. The van der Waals surface area contributed by atoms with E-state index < -0.39 is 11.9 Å². The molecule has 5 N–H and O–H groups in total. The van der Waals surface area contributed by atoms with Crippen LogP contribution in [0.15, 0.2) is 48.5 Å². The molecule has 0 fully saturated rings. The highest BCUT2D eigenvalue weighted by atomic mass is 35.5. The minimum absolute atomic E-state index is 0. The fourth-order valence-electron chi connectivity index (χ4n) is 2.41. The second kappa shape index (κ2) is 11.2. The van der Waals surface area contributed by atoms with Crippen molar-refractivity contribution in [2.24, 2.45) is 11.7 Å². The molecule has 0 aliphatic carbocycles. The normalized spacial score (nSPS) is 11.2. The maximum Gasteiger partial charge on any atom is 0.255 e. The monoisotopic (exact) mass is 418 g/mol. The van der Waals surface area contributed by atoms with Gasteiger partial charge in [0.1, 0.15) is 0 Å². The van der Waals surface area contributed by atoms with E-state index in [9.17, 15) is 14.4 Å². The van der Waals surface area contributed by atoms with E-state index in [0.29, 0.717) is 16.9 Å². The zero-order chi connectivity index (χ0) is 20.7. The average molecular weight is 419 g/mol. The summed E-state index contributed by atoms with van der Waals surface area (Å²) in [6.07, 6.45) is 0. The first kappa shape index (κ1) is 24.1. The topological polar surface area (TPSA) is 113 Å². The third kappa shape index (κ3) is 7.21. The maximum atomic E-state index is 12.4. The van der Waals surface area contributed by atoms with Crippen molar-refractivity contribution >= 4 is 41.5 Å². The molecule has 0 spiro atoms. The lowest BCUT2D eigenvalue weighted by Crippen LogP contribution is -2.46. The predicted octanol–water partition coefficient (Wildman–Crippen LogP) is 2.71. The first-order valence-corrected chi connectivity index (χ1v) is 9.08. The number of amides is 3. The Kier molecular flexibility index (Phi) is 9.31. The Morgan fingerprint density at radius 2 is 1.66 bits per heavy atom. The lowest BCUT2D eigenvalue weighted by atomic mass is 10.1. The van der Waals surface area contributed by atoms with E-state index in [-0.39, 0.29) is 36.7 Å². The molecule has 2 aromatic rings. The SMILES string of the molecule is Cc1ccc(C(=O)Nc2ccccc2)cc1NC(=O)CNC(=O)[C@@H](N)C(C)C.Cl. The average Bonchev–Trinajstić information content (AvgIpc) is 2.67. The van der Waals surface area contributed by atoms with E-state index in [4.69, 9.17) is 5.73 Å². The molecule has 7 nitrogen and oxygen atoms in total. The van der Waals surface area contributed by atoms with E-state index in [0.717, 1.165) is 5.56 Å². The van der Waals surface area contributed by atoms with Crippen molar-refractivity contribution in [3.8, 4) is 0 Å². The van der Waals surface area contributed by atoms with Crippen LogP contribution in [0.2, 0.25) is 0 Å². The van der Waals surface area contributed by atoms with Gasteiger partial charge in [-0.1, -0.05) is 38.1 Å². The highest BCUT2D eigenvalue weighted by molar-refractivity contribution is 6.05. The van der Waals surface area contributed by atoms with Gasteiger partial charge in [0.2, 0.25) is 11.8 Å². The molecule has 0 unspecified atom stereocenters. The van der Waals surface area contributed by atoms with E-state index in [1.165, 1.54) is 0 Å². The van der Waals surface area contributed by atoms with Crippen molar-refractivity contribution < 1.29 is 14.4 Å². The largest absolute Gasteiger partial charge is 0.346 e. The Morgan fingerprint density at radius 1 is 1.00 bits per heavy atom. The number of nitrogens with one attached hydrogen (secondary N) is 3. The van der Waals surface area contributed by atoms with Crippen LogP contribution in [0.3, 0.4) is 0 Å². The fraction of sp³-hybridized carbons (Fsp3) is 0.286. The molecule has 2 aromatic carbocycles. The van der Waals surface area contributed by atoms with Gasteiger partial charge in [0.25, 0.3) is 5.91 Å². The molecule has 0 saturated heterocycles. The van der Waals surface area contributed by atoms with E-state index in [1.54, 1.807) is 30.3 Å². The molecule has 29 heavy (non-hydrogen) atoms. The lowest BCUT2D eigenvalue weighted by Gasteiger charge is -2.15. The van der Waals surface area contributed by atoms with Gasteiger partial charge in [0.05, 0.1) is 12.6 Å². The molecule has 0 saturated carbocycles. The number of benzene rings is 2. The Labute approximate surface area is 176 Å². The van der Waals surface area contributed by atoms with Gasteiger partial charge in [-0.25, -0.2) is 0 Å². The molecule has 0 bridgehead atoms. The fourth-order valence-corrected chi connectivity index (χ4v) is 2.41. The predicted molar refractivity (Wildman–Crippen MR) is 117 cm³/mol. The number of carbonyl (C=O) groups is 3. The standard InChI is InChI=1S/C21H26N4O3.ClH/c1-13(2)19(22)21(28)23-12-18(26)25-17-11-15(10-9-14(17)3)20(27)24-16-7-5-4-6-8-16;/h4-11,13,19H,12,22H2,1-3H3,(H,23,28)(H,24,27)(H,25,26);1H/t19-;/m0./s1. The van der Waals surface area contributed by atoms with Crippen molar-refractivity contribution in [2.45, 2.75) is 26.8 Å². The van der Waals surface area contributed by atoms with Crippen LogP contribution in [-0.4, -0.2) is 30.3 Å². The smallest absolute Gasteiger partial charge is 0.255 e. The Balaban J connectivity index is 0.00000420. The summed E-state index contributed by atoms with van der Waals surface area (Å²) in [5, 5.41) is 8.04. The molecule has 156 valence electrons. The molecular weight excluding hydrogens is 392 g/mol. The lowest BCUT2D eigenvalue weighted by molar-refractivity contribution is -0.125. The molecule has 0 aromatic heterocycles. The van der Waals surface area contributed by atoms with Crippen LogP contribution in [0.1, 0.15) is 29.8 Å². The van der Waals surface area contributed by atoms with Crippen molar-refractivity contribution in [2.75, 3.05) is 17.2 Å². The summed E-state index contributed by atoms with van der Waals surface area (Å²) in [4.78, 5) is 36.4. The number of halogens is 1. The molecule has 3 amide bonds.